The first-order valence-electron chi connectivity index (χ1n) is 6.72. The summed E-state index contributed by atoms with van der Waals surface area (Å²) >= 11 is 0. The van der Waals surface area contributed by atoms with Crippen molar-refractivity contribution >= 4 is 5.97 Å². The number of benzene rings is 1. The van der Waals surface area contributed by atoms with Gasteiger partial charge in [-0.2, -0.15) is 0 Å². The third-order valence-corrected chi connectivity index (χ3v) is 3.59. The van der Waals surface area contributed by atoms with Crippen molar-refractivity contribution < 1.29 is 47.3 Å². The number of carbonyl (C=O) groups is 1. The van der Waals surface area contributed by atoms with E-state index in [1.54, 1.807) is 21.0 Å². The topological polar surface area (TPSA) is 46.5 Å². The Labute approximate surface area is 147 Å². The maximum atomic E-state index is 11.2. The number of ether oxygens (including phenoxy) is 1. The second-order valence-electron chi connectivity index (χ2n) is 5.67. The van der Waals surface area contributed by atoms with Crippen LogP contribution >= 0.6 is 0 Å². The molecule has 109 valence electrons. The van der Waals surface area contributed by atoms with E-state index in [1.807, 2.05) is 0 Å². The summed E-state index contributed by atoms with van der Waals surface area (Å²) in [6.45, 7) is 6.29. The number of aliphatic carboxylic acids is 1. The smallest absolute Gasteiger partial charge is 0.309 e. The van der Waals surface area contributed by atoms with E-state index >= 15 is 0 Å². The normalized spacial score (nSPS) is 12.6. The number of hydrogen-bond donors (Lipinski definition) is 1. The molecule has 0 aliphatic heterocycles. The molecule has 3 nitrogen and oxygen atoms in total. The summed E-state index contributed by atoms with van der Waals surface area (Å²) < 4.78 is 5.09. The average molecular weight is 353 g/mol. The largest absolute Gasteiger partial charge is 0.481 e. The van der Waals surface area contributed by atoms with Crippen LogP contribution in [-0.2, 0) is 48.8 Å². The molecule has 0 aliphatic carbocycles. The zero-order chi connectivity index (χ0) is 14.5. The first kappa shape index (κ1) is 19.8. The van der Waals surface area contributed by atoms with Gasteiger partial charge in [0.2, 0.25) is 0 Å². The van der Waals surface area contributed by atoms with Crippen molar-refractivity contribution in [1.29, 1.82) is 0 Å². The minimum absolute atomic E-state index is 0. The Hall–Kier alpha value is -0.246. The van der Waals surface area contributed by atoms with Crippen LogP contribution in [0.3, 0.4) is 0 Å². The van der Waals surface area contributed by atoms with Gasteiger partial charge in [-0.05, 0) is 43.7 Å². The SMILES string of the molecule is CCC(CC(C)(C)C(=O)O)c1ccc(COC)cc1.[Y]. The molecular formula is C16H24O3Y. The zero-order valence-electron chi connectivity index (χ0n) is 12.8. The number of rotatable bonds is 7. The third kappa shape index (κ3) is 5.63. The molecule has 20 heavy (non-hydrogen) atoms. The second-order valence-corrected chi connectivity index (χ2v) is 5.67. The van der Waals surface area contributed by atoms with Gasteiger partial charge in [0.25, 0.3) is 0 Å². The molecule has 0 heterocycles. The Morgan fingerprint density at radius 2 is 1.85 bits per heavy atom. The number of carboxylic acid groups (broad SMARTS) is 1. The zero-order valence-corrected chi connectivity index (χ0v) is 15.7. The van der Waals surface area contributed by atoms with Crippen molar-refractivity contribution in [3.63, 3.8) is 0 Å². The second kappa shape index (κ2) is 8.91. The van der Waals surface area contributed by atoms with Crippen LogP contribution in [0, 0.1) is 5.41 Å². The third-order valence-electron chi connectivity index (χ3n) is 3.59. The average Bonchev–Trinajstić information content (AvgIpc) is 2.37. The number of hydrogen-bond acceptors (Lipinski definition) is 2. The van der Waals surface area contributed by atoms with Crippen LogP contribution in [0.25, 0.3) is 0 Å². The summed E-state index contributed by atoms with van der Waals surface area (Å²) in [7, 11) is 1.68. The summed E-state index contributed by atoms with van der Waals surface area (Å²) in [6.07, 6.45) is 1.60. The van der Waals surface area contributed by atoms with Gasteiger partial charge in [0.15, 0.2) is 0 Å². The quantitative estimate of drug-likeness (QED) is 0.811. The van der Waals surface area contributed by atoms with Crippen LogP contribution in [0.4, 0.5) is 0 Å². The van der Waals surface area contributed by atoms with Gasteiger partial charge in [-0.25, -0.2) is 0 Å². The van der Waals surface area contributed by atoms with Crippen molar-refractivity contribution in [3.8, 4) is 0 Å². The monoisotopic (exact) mass is 353 g/mol. The van der Waals surface area contributed by atoms with E-state index < -0.39 is 11.4 Å². The van der Waals surface area contributed by atoms with E-state index in [0.29, 0.717) is 13.0 Å². The molecule has 0 saturated carbocycles. The van der Waals surface area contributed by atoms with Gasteiger partial charge >= 0.3 is 5.97 Å². The Balaban J connectivity index is 0.00000361. The molecule has 0 bridgehead atoms. The van der Waals surface area contributed by atoms with Gasteiger partial charge in [0, 0.05) is 39.8 Å². The van der Waals surface area contributed by atoms with E-state index in [9.17, 15) is 9.90 Å². The molecule has 0 amide bonds. The fraction of sp³-hybridized carbons (Fsp3) is 0.562. The Morgan fingerprint density at radius 1 is 1.30 bits per heavy atom. The van der Waals surface area contributed by atoms with E-state index in [1.165, 1.54) is 5.56 Å². The van der Waals surface area contributed by atoms with Crippen LogP contribution in [0.5, 0.6) is 0 Å². The molecule has 0 aliphatic rings. The molecule has 4 heteroatoms. The van der Waals surface area contributed by atoms with E-state index in [0.717, 1.165) is 12.0 Å². The van der Waals surface area contributed by atoms with Crippen molar-refractivity contribution in [2.75, 3.05) is 7.11 Å². The van der Waals surface area contributed by atoms with Crippen molar-refractivity contribution in [3.05, 3.63) is 35.4 Å². The van der Waals surface area contributed by atoms with Crippen LogP contribution in [-0.4, -0.2) is 18.2 Å². The molecule has 0 aromatic heterocycles. The van der Waals surface area contributed by atoms with Crippen LogP contribution in [0.15, 0.2) is 24.3 Å². The fourth-order valence-electron chi connectivity index (χ4n) is 2.25. The summed E-state index contributed by atoms with van der Waals surface area (Å²) in [6, 6.07) is 8.27. The molecule has 1 N–H and O–H groups in total. The van der Waals surface area contributed by atoms with Crippen LogP contribution < -0.4 is 0 Å². The number of carboxylic acids is 1. The Kier molecular flexibility index (Phi) is 8.80. The first-order chi connectivity index (χ1) is 8.90. The predicted octanol–water partition coefficient (Wildman–Crippen LogP) is 3.83. The van der Waals surface area contributed by atoms with E-state index in [2.05, 4.69) is 31.2 Å². The molecule has 1 unspecified atom stereocenters. The Bertz CT molecular complexity index is 412. The summed E-state index contributed by atoms with van der Waals surface area (Å²) in [5, 5.41) is 9.23. The standard InChI is InChI=1S/C16H24O3.Y/c1-5-13(10-16(2,3)15(17)18)14-8-6-12(7-9-14)11-19-4;/h6-9,13H,5,10-11H2,1-4H3,(H,17,18);. The van der Waals surface area contributed by atoms with Crippen LogP contribution in [0.1, 0.15) is 50.7 Å². The molecular weight excluding hydrogens is 329 g/mol. The van der Waals surface area contributed by atoms with E-state index in [-0.39, 0.29) is 38.6 Å². The maximum Gasteiger partial charge on any atom is 0.309 e. The van der Waals surface area contributed by atoms with Crippen LogP contribution in [0.2, 0.25) is 0 Å². The summed E-state index contributed by atoms with van der Waals surface area (Å²) in [5.41, 5.74) is 1.65. The van der Waals surface area contributed by atoms with E-state index in [4.69, 9.17) is 4.74 Å². The molecule has 0 spiro atoms. The Morgan fingerprint density at radius 3 is 2.25 bits per heavy atom. The fourth-order valence-corrected chi connectivity index (χ4v) is 2.25. The van der Waals surface area contributed by atoms with Gasteiger partial charge in [-0.1, -0.05) is 31.2 Å². The maximum absolute atomic E-state index is 11.2. The van der Waals surface area contributed by atoms with Gasteiger partial charge in [-0.3, -0.25) is 4.79 Å². The van der Waals surface area contributed by atoms with Crippen molar-refractivity contribution in [2.24, 2.45) is 5.41 Å². The summed E-state index contributed by atoms with van der Waals surface area (Å²) in [4.78, 5) is 11.2. The number of methoxy groups -OCH3 is 1. The minimum Gasteiger partial charge on any atom is -0.481 e. The molecule has 1 rings (SSSR count). The minimum atomic E-state index is -0.734. The van der Waals surface area contributed by atoms with Gasteiger partial charge in [0.1, 0.15) is 0 Å². The van der Waals surface area contributed by atoms with Gasteiger partial charge < -0.3 is 9.84 Å². The van der Waals surface area contributed by atoms with Crippen molar-refractivity contribution in [1.82, 2.24) is 0 Å². The molecule has 1 radical (unpaired) electrons. The molecule has 1 atom stereocenters. The molecule has 0 saturated heterocycles. The first-order valence-corrected chi connectivity index (χ1v) is 6.72. The predicted molar refractivity (Wildman–Crippen MR) is 76.2 cm³/mol. The molecule has 0 fully saturated rings. The molecule has 1 aromatic rings. The molecule has 1 aromatic carbocycles. The van der Waals surface area contributed by atoms with Gasteiger partial charge in [0.05, 0.1) is 12.0 Å². The van der Waals surface area contributed by atoms with Crippen molar-refractivity contribution in [2.45, 2.75) is 46.1 Å². The summed E-state index contributed by atoms with van der Waals surface area (Å²) in [5.74, 6) is -0.454. The van der Waals surface area contributed by atoms with Gasteiger partial charge in [-0.15, -0.1) is 0 Å².